The van der Waals surface area contributed by atoms with Gasteiger partial charge in [0.25, 0.3) is 0 Å². The zero-order valence-corrected chi connectivity index (χ0v) is 8.99. The Morgan fingerprint density at radius 2 is 1.93 bits per heavy atom. The van der Waals surface area contributed by atoms with E-state index in [0.29, 0.717) is 6.61 Å². The summed E-state index contributed by atoms with van der Waals surface area (Å²) in [6.07, 6.45) is 2.31. The first kappa shape index (κ1) is 11.1. The number of rotatable bonds is 5. The Morgan fingerprint density at radius 1 is 1.29 bits per heavy atom. The molecule has 14 heavy (non-hydrogen) atoms. The van der Waals surface area contributed by atoms with Crippen molar-refractivity contribution in [2.24, 2.45) is 5.73 Å². The van der Waals surface area contributed by atoms with Crippen LogP contribution in [0, 0.1) is 0 Å². The third-order valence-electron chi connectivity index (χ3n) is 1.97. The molecule has 1 unspecified atom stereocenters. The minimum atomic E-state index is 0.0883. The second-order valence-corrected chi connectivity index (χ2v) is 3.68. The monoisotopic (exact) mass is 193 g/mol. The lowest BCUT2D eigenvalue weighted by Crippen LogP contribution is -2.23. The van der Waals surface area contributed by atoms with Gasteiger partial charge in [0.2, 0.25) is 0 Å². The maximum atomic E-state index is 5.59. The Bertz CT molecular complexity index is 254. The van der Waals surface area contributed by atoms with Crippen LogP contribution >= 0.6 is 0 Å². The highest BCUT2D eigenvalue weighted by Gasteiger charge is 1.97. The van der Waals surface area contributed by atoms with Crippen molar-refractivity contribution in [2.75, 3.05) is 6.61 Å². The van der Waals surface area contributed by atoms with Crippen LogP contribution in [0.25, 0.3) is 0 Å². The summed E-state index contributed by atoms with van der Waals surface area (Å²) in [6, 6.07) is 8.33. The van der Waals surface area contributed by atoms with Crippen molar-refractivity contribution < 1.29 is 4.74 Å². The fraction of sp³-hybridized carbons (Fsp3) is 0.500. The zero-order valence-electron chi connectivity index (χ0n) is 8.99. The molecule has 0 aliphatic rings. The SMILES string of the molecule is CCCc1ccc(OCC(C)N)cc1. The molecule has 0 spiro atoms. The Kier molecular flexibility index (Phi) is 4.47. The largest absolute Gasteiger partial charge is 0.492 e. The Labute approximate surface area is 86.1 Å². The molecule has 0 heterocycles. The van der Waals surface area contributed by atoms with Crippen molar-refractivity contribution in [3.05, 3.63) is 29.8 Å². The first-order chi connectivity index (χ1) is 6.72. The molecule has 0 saturated carbocycles. The molecule has 2 nitrogen and oxygen atoms in total. The van der Waals surface area contributed by atoms with Gasteiger partial charge in [-0.3, -0.25) is 0 Å². The van der Waals surface area contributed by atoms with E-state index in [1.54, 1.807) is 0 Å². The highest BCUT2D eigenvalue weighted by Crippen LogP contribution is 2.13. The van der Waals surface area contributed by atoms with Crippen LogP contribution in [0.3, 0.4) is 0 Å². The van der Waals surface area contributed by atoms with E-state index in [-0.39, 0.29) is 6.04 Å². The van der Waals surface area contributed by atoms with Gasteiger partial charge < -0.3 is 10.5 Å². The summed E-state index contributed by atoms with van der Waals surface area (Å²) in [4.78, 5) is 0. The van der Waals surface area contributed by atoms with Crippen LogP contribution in [0.1, 0.15) is 25.8 Å². The van der Waals surface area contributed by atoms with Crippen LogP contribution in [0.15, 0.2) is 24.3 Å². The van der Waals surface area contributed by atoms with Gasteiger partial charge >= 0.3 is 0 Å². The topological polar surface area (TPSA) is 35.2 Å². The maximum Gasteiger partial charge on any atom is 0.119 e. The van der Waals surface area contributed by atoms with E-state index in [0.717, 1.165) is 12.2 Å². The zero-order chi connectivity index (χ0) is 10.4. The van der Waals surface area contributed by atoms with E-state index in [1.807, 2.05) is 19.1 Å². The van der Waals surface area contributed by atoms with Gasteiger partial charge in [-0.25, -0.2) is 0 Å². The molecule has 0 saturated heterocycles. The van der Waals surface area contributed by atoms with Gasteiger partial charge in [-0.15, -0.1) is 0 Å². The number of nitrogens with two attached hydrogens (primary N) is 1. The molecule has 1 atom stereocenters. The number of benzene rings is 1. The quantitative estimate of drug-likeness (QED) is 0.779. The minimum absolute atomic E-state index is 0.0883. The van der Waals surface area contributed by atoms with Crippen LogP contribution < -0.4 is 10.5 Å². The lowest BCUT2D eigenvalue weighted by atomic mass is 10.1. The summed E-state index contributed by atoms with van der Waals surface area (Å²) < 4.78 is 5.48. The number of aryl methyl sites for hydroxylation is 1. The van der Waals surface area contributed by atoms with Crippen LogP contribution in [0.4, 0.5) is 0 Å². The van der Waals surface area contributed by atoms with Crippen LogP contribution in [0.5, 0.6) is 5.75 Å². The molecular formula is C12H19NO. The predicted octanol–water partition coefficient (Wildman–Crippen LogP) is 2.37. The second kappa shape index (κ2) is 5.66. The molecular weight excluding hydrogens is 174 g/mol. The smallest absolute Gasteiger partial charge is 0.119 e. The normalized spacial score (nSPS) is 12.5. The summed E-state index contributed by atoms with van der Waals surface area (Å²) in [6.45, 7) is 4.69. The van der Waals surface area contributed by atoms with E-state index >= 15 is 0 Å². The van der Waals surface area contributed by atoms with E-state index in [2.05, 4.69) is 19.1 Å². The summed E-state index contributed by atoms with van der Waals surface area (Å²) in [5, 5.41) is 0. The molecule has 0 amide bonds. The Hall–Kier alpha value is -1.02. The molecule has 1 aromatic rings. The van der Waals surface area contributed by atoms with Crippen molar-refractivity contribution >= 4 is 0 Å². The Morgan fingerprint density at radius 3 is 2.43 bits per heavy atom. The van der Waals surface area contributed by atoms with Gasteiger partial charge in [0.1, 0.15) is 12.4 Å². The fourth-order valence-corrected chi connectivity index (χ4v) is 1.27. The van der Waals surface area contributed by atoms with Gasteiger partial charge in [-0.1, -0.05) is 25.5 Å². The average molecular weight is 193 g/mol. The molecule has 0 fully saturated rings. The standard InChI is InChI=1S/C12H19NO/c1-3-4-11-5-7-12(8-6-11)14-9-10(2)13/h5-8,10H,3-4,9,13H2,1-2H3. The van der Waals surface area contributed by atoms with Crippen molar-refractivity contribution in [2.45, 2.75) is 32.7 Å². The molecule has 1 aromatic carbocycles. The lowest BCUT2D eigenvalue weighted by molar-refractivity contribution is 0.296. The fourth-order valence-electron chi connectivity index (χ4n) is 1.27. The number of hydrogen-bond acceptors (Lipinski definition) is 2. The average Bonchev–Trinajstić information content (AvgIpc) is 2.17. The molecule has 1 rings (SSSR count). The summed E-state index contributed by atoms with van der Waals surface area (Å²) in [5.74, 6) is 0.905. The molecule has 2 heteroatoms. The van der Waals surface area contributed by atoms with E-state index < -0.39 is 0 Å². The summed E-state index contributed by atoms with van der Waals surface area (Å²) in [5.41, 5.74) is 6.95. The second-order valence-electron chi connectivity index (χ2n) is 3.68. The first-order valence-corrected chi connectivity index (χ1v) is 5.19. The van der Waals surface area contributed by atoms with E-state index in [4.69, 9.17) is 10.5 Å². The third kappa shape index (κ3) is 3.79. The highest BCUT2D eigenvalue weighted by molar-refractivity contribution is 5.27. The van der Waals surface area contributed by atoms with Gasteiger partial charge in [0.05, 0.1) is 0 Å². The molecule has 0 bridgehead atoms. The van der Waals surface area contributed by atoms with Crippen molar-refractivity contribution in [3.63, 3.8) is 0 Å². The van der Waals surface area contributed by atoms with Gasteiger partial charge in [0, 0.05) is 6.04 Å². The molecule has 0 radical (unpaired) electrons. The molecule has 2 N–H and O–H groups in total. The molecule has 0 aliphatic carbocycles. The van der Waals surface area contributed by atoms with Crippen LogP contribution in [0.2, 0.25) is 0 Å². The number of ether oxygens (including phenoxy) is 1. The van der Waals surface area contributed by atoms with Crippen molar-refractivity contribution in [1.82, 2.24) is 0 Å². The van der Waals surface area contributed by atoms with Gasteiger partial charge in [0.15, 0.2) is 0 Å². The maximum absolute atomic E-state index is 5.59. The van der Waals surface area contributed by atoms with E-state index in [1.165, 1.54) is 12.0 Å². The molecule has 78 valence electrons. The van der Waals surface area contributed by atoms with Gasteiger partial charge in [-0.05, 0) is 31.0 Å². The first-order valence-electron chi connectivity index (χ1n) is 5.19. The summed E-state index contributed by atoms with van der Waals surface area (Å²) >= 11 is 0. The van der Waals surface area contributed by atoms with Crippen LogP contribution in [-0.4, -0.2) is 12.6 Å². The summed E-state index contributed by atoms with van der Waals surface area (Å²) in [7, 11) is 0. The molecule has 0 aromatic heterocycles. The third-order valence-corrected chi connectivity index (χ3v) is 1.97. The van der Waals surface area contributed by atoms with Gasteiger partial charge in [-0.2, -0.15) is 0 Å². The van der Waals surface area contributed by atoms with E-state index in [9.17, 15) is 0 Å². The van der Waals surface area contributed by atoms with Crippen molar-refractivity contribution in [1.29, 1.82) is 0 Å². The lowest BCUT2D eigenvalue weighted by Gasteiger charge is -2.08. The molecule has 0 aliphatic heterocycles. The minimum Gasteiger partial charge on any atom is -0.492 e. The Balaban J connectivity index is 2.46. The highest BCUT2D eigenvalue weighted by atomic mass is 16.5. The van der Waals surface area contributed by atoms with Crippen LogP contribution in [-0.2, 0) is 6.42 Å². The predicted molar refractivity (Wildman–Crippen MR) is 59.6 cm³/mol. The number of hydrogen-bond donors (Lipinski definition) is 1. The van der Waals surface area contributed by atoms with Crippen molar-refractivity contribution in [3.8, 4) is 5.75 Å².